The number of rotatable bonds is 5. The predicted molar refractivity (Wildman–Crippen MR) is 83.8 cm³/mol. The van der Waals surface area contributed by atoms with Crippen molar-refractivity contribution in [1.29, 1.82) is 0 Å². The fourth-order valence-corrected chi connectivity index (χ4v) is 3.10. The van der Waals surface area contributed by atoms with Gasteiger partial charge in [0.05, 0.1) is 18.0 Å². The van der Waals surface area contributed by atoms with Crippen molar-refractivity contribution in [1.82, 2.24) is 4.98 Å². The van der Waals surface area contributed by atoms with Gasteiger partial charge < -0.3 is 5.32 Å². The van der Waals surface area contributed by atoms with Crippen LogP contribution in [-0.4, -0.2) is 19.7 Å². The first-order valence-corrected chi connectivity index (χ1v) is 8.86. The van der Waals surface area contributed by atoms with Gasteiger partial charge in [-0.05, 0) is 37.6 Å². The molecule has 1 aromatic heterocycles. The first-order valence-electron chi connectivity index (χ1n) is 6.09. The zero-order valence-corrected chi connectivity index (χ0v) is 13.2. The quantitative estimate of drug-likeness (QED) is 0.890. The van der Waals surface area contributed by atoms with Crippen LogP contribution in [0.2, 0.25) is 0 Å². The van der Waals surface area contributed by atoms with Gasteiger partial charge in [0.25, 0.3) is 0 Å². The number of benzene rings is 1. The van der Waals surface area contributed by atoms with Gasteiger partial charge in [-0.15, -0.1) is 11.3 Å². The molecule has 5 nitrogen and oxygen atoms in total. The molecular formula is C13H17N3O2S2. The highest BCUT2D eigenvalue weighted by molar-refractivity contribution is 7.92. The molecule has 1 aromatic carbocycles. The Kier molecular flexibility index (Phi) is 4.29. The van der Waals surface area contributed by atoms with Crippen molar-refractivity contribution in [3.63, 3.8) is 0 Å². The Morgan fingerprint density at radius 2 is 2.10 bits per heavy atom. The number of aryl methyl sites for hydroxylation is 1. The number of thiazole rings is 1. The van der Waals surface area contributed by atoms with Crippen LogP contribution in [0.1, 0.15) is 23.5 Å². The highest BCUT2D eigenvalue weighted by atomic mass is 32.2. The minimum absolute atomic E-state index is 0.114. The summed E-state index contributed by atoms with van der Waals surface area (Å²) in [6, 6.07) is 5.64. The monoisotopic (exact) mass is 311 g/mol. The van der Waals surface area contributed by atoms with Crippen molar-refractivity contribution < 1.29 is 8.42 Å². The summed E-state index contributed by atoms with van der Waals surface area (Å²) in [4.78, 5) is 4.27. The molecule has 2 aromatic rings. The van der Waals surface area contributed by atoms with E-state index in [9.17, 15) is 8.42 Å². The van der Waals surface area contributed by atoms with Gasteiger partial charge in [0.15, 0.2) is 0 Å². The third-order valence-electron chi connectivity index (χ3n) is 2.73. The van der Waals surface area contributed by atoms with Crippen LogP contribution in [0, 0.1) is 6.92 Å². The maximum absolute atomic E-state index is 11.2. The first kappa shape index (κ1) is 14.8. The number of hydrogen-bond donors (Lipinski definition) is 2. The third-order valence-corrected chi connectivity index (χ3v) is 4.28. The molecule has 0 amide bonds. The van der Waals surface area contributed by atoms with Crippen LogP contribution >= 0.6 is 11.3 Å². The zero-order valence-electron chi connectivity index (χ0n) is 11.5. The average molecular weight is 311 g/mol. The molecule has 0 aliphatic heterocycles. The normalized spacial score (nSPS) is 12.9. The molecule has 1 atom stereocenters. The van der Waals surface area contributed by atoms with Gasteiger partial charge in [-0.25, -0.2) is 13.4 Å². The van der Waals surface area contributed by atoms with Crippen LogP contribution < -0.4 is 10.0 Å². The van der Waals surface area contributed by atoms with Crippen molar-refractivity contribution in [2.24, 2.45) is 0 Å². The minimum atomic E-state index is -3.25. The standard InChI is InChI=1S/C13H17N3O2S2/c1-9-8-11(4-5-12(9)16-20(3,17)18)15-10(2)13-14-6-7-19-13/h4-8,10,15-16H,1-3H3. The second-order valence-corrected chi connectivity index (χ2v) is 7.31. The summed E-state index contributed by atoms with van der Waals surface area (Å²) in [7, 11) is -3.25. The van der Waals surface area contributed by atoms with Crippen molar-refractivity contribution >= 4 is 32.7 Å². The van der Waals surface area contributed by atoms with E-state index in [0.717, 1.165) is 22.5 Å². The molecule has 0 saturated heterocycles. The van der Waals surface area contributed by atoms with Crippen molar-refractivity contribution in [2.45, 2.75) is 19.9 Å². The lowest BCUT2D eigenvalue weighted by Gasteiger charge is -2.15. The van der Waals surface area contributed by atoms with Crippen molar-refractivity contribution in [2.75, 3.05) is 16.3 Å². The predicted octanol–water partition coefficient (Wildman–Crippen LogP) is 3.00. The topological polar surface area (TPSA) is 71.1 Å². The molecule has 20 heavy (non-hydrogen) atoms. The summed E-state index contributed by atoms with van der Waals surface area (Å²) in [5.41, 5.74) is 2.40. The number of hydrogen-bond acceptors (Lipinski definition) is 5. The second-order valence-electron chi connectivity index (χ2n) is 4.64. The first-order chi connectivity index (χ1) is 9.35. The molecule has 1 unspecified atom stereocenters. The summed E-state index contributed by atoms with van der Waals surface area (Å²) in [6.45, 7) is 3.91. The number of anilines is 2. The largest absolute Gasteiger partial charge is 0.376 e. The highest BCUT2D eigenvalue weighted by Crippen LogP contribution is 2.25. The number of nitrogens with one attached hydrogen (secondary N) is 2. The molecular weight excluding hydrogens is 294 g/mol. The lowest BCUT2D eigenvalue weighted by molar-refractivity contribution is 0.607. The molecule has 7 heteroatoms. The smallest absolute Gasteiger partial charge is 0.229 e. The molecule has 0 spiro atoms. The number of aromatic nitrogens is 1. The third kappa shape index (κ3) is 3.94. The molecule has 0 radical (unpaired) electrons. The Balaban J connectivity index is 2.13. The molecule has 2 rings (SSSR count). The summed E-state index contributed by atoms with van der Waals surface area (Å²) in [5, 5.41) is 6.30. The molecule has 0 fully saturated rings. The van der Waals surface area contributed by atoms with E-state index in [0.29, 0.717) is 5.69 Å². The Bertz CT molecular complexity index is 682. The molecule has 0 saturated carbocycles. The van der Waals surface area contributed by atoms with Crippen LogP contribution in [-0.2, 0) is 10.0 Å². The Morgan fingerprint density at radius 3 is 2.65 bits per heavy atom. The summed E-state index contributed by atoms with van der Waals surface area (Å²) < 4.78 is 25.0. The van der Waals surface area contributed by atoms with Crippen LogP contribution in [0.4, 0.5) is 11.4 Å². The zero-order chi connectivity index (χ0) is 14.8. The lowest BCUT2D eigenvalue weighted by atomic mass is 10.1. The molecule has 0 aliphatic rings. The fraction of sp³-hybridized carbons (Fsp3) is 0.308. The lowest BCUT2D eigenvalue weighted by Crippen LogP contribution is -2.11. The Morgan fingerprint density at radius 1 is 1.35 bits per heavy atom. The van der Waals surface area contributed by atoms with E-state index in [1.807, 2.05) is 31.4 Å². The maximum Gasteiger partial charge on any atom is 0.229 e. The summed E-state index contributed by atoms with van der Waals surface area (Å²) in [5.74, 6) is 0. The Labute approximate surface area is 123 Å². The van der Waals surface area contributed by atoms with Crippen molar-refractivity contribution in [3.8, 4) is 0 Å². The van der Waals surface area contributed by atoms with E-state index in [2.05, 4.69) is 15.0 Å². The number of sulfonamides is 1. The minimum Gasteiger partial charge on any atom is -0.376 e. The van der Waals surface area contributed by atoms with Gasteiger partial charge >= 0.3 is 0 Å². The summed E-state index contributed by atoms with van der Waals surface area (Å²) in [6.07, 6.45) is 2.92. The van der Waals surface area contributed by atoms with Gasteiger partial charge in [-0.3, -0.25) is 4.72 Å². The molecule has 108 valence electrons. The van der Waals surface area contributed by atoms with Gasteiger partial charge in [-0.1, -0.05) is 0 Å². The summed E-state index contributed by atoms with van der Waals surface area (Å²) >= 11 is 1.60. The van der Waals surface area contributed by atoms with Crippen LogP contribution in [0.15, 0.2) is 29.8 Å². The maximum atomic E-state index is 11.2. The van der Waals surface area contributed by atoms with E-state index in [4.69, 9.17) is 0 Å². The highest BCUT2D eigenvalue weighted by Gasteiger charge is 2.09. The molecule has 0 aliphatic carbocycles. The second kappa shape index (κ2) is 5.80. The molecule has 1 heterocycles. The van der Waals surface area contributed by atoms with Gasteiger partial charge in [0.1, 0.15) is 5.01 Å². The Hall–Kier alpha value is -1.60. The fourth-order valence-electron chi connectivity index (χ4n) is 1.83. The van der Waals surface area contributed by atoms with E-state index in [1.165, 1.54) is 0 Å². The van der Waals surface area contributed by atoms with Crippen LogP contribution in [0.3, 0.4) is 0 Å². The van der Waals surface area contributed by atoms with Crippen LogP contribution in [0.25, 0.3) is 0 Å². The van der Waals surface area contributed by atoms with E-state index < -0.39 is 10.0 Å². The number of nitrogens with zero attached hydrogens (tertiary/aromatic N) is 1. The molecule has 2 N–H and O–H groups in total. The van der Waals surface area contributed by atoms with Gasteiger partial charge in [-0.2, -0.15) is 0 Å². The van der Waals surface area contributed by atoms with E-state index >= 15 is 0 Å². The average Bonchev–Trinajstić information content (AvgIpc) is 2.85. The van der Waals surface area contributed by atoms with Gasteiger partial charge in [0.2, 0.25) is 10.0 Å². The van der Waals surface area contributed by atoms with E-state index in [-0.39, 0.29) is 6.04 Å². The van der Waals surface area contributed by atoms with E-state index in [1.54, 1.807) is 23.6 Å². The van der Waals surface area contributed by atoms with Crippen molar-refractivity contribution in [3.05, 3.63) is 40.3 Å². The molecule has 0 bridgehead atoms. The van der Waals surface area contributed by atoms with Crippen LogP contribution in [0.5, 0.6) is 0 Å². The van der Waals surface area contributed by atoms with Gasteiger partial charge in [0, 0.05) is 17.3 Å². The SMILES string of the molecule is Cc1cc(NC(C)c2nccs2)ccc1NS(C)(=O)=O.